The van der Waals surface area contributed by atoms with Crippen LogP contribution < -0.4 is 5.73 Å². The maximum Gasteiger partial charge on any atom is 0.161 e. The predicted octanol–water partition coefficient (Wildman–Crippen LogP) is 3.59. The van der Waals surface area contributed by atoms with E-state index in [9.17, 15) is 0 Å². The second kappa shape index (κ2) is 5.00. The van der Waals surface area contributed by atoms with E-state index in [2.05, 4.69) is 61.9 Å². The molecule has 0 aliphatic heterocycles. The summed E-state index contributed by atoms with van der Waals surface area (Å²) in [7, 11) is 0. The van der Waals surface area contributed by atoms with Gasteiger partial charge in [0, 0.05) is 17.0 Å². The van der Waals surface area contributed by atoms with Crippen molar-refractivity contribution in [2.45, 2.75) is 39.5 Å². The van der Waals surface area contributed by atoms with Gasteiger partial charge in [-0.1, -0.05) is 52.0 Å². The van der Waals surface area contributed by atoms with E-state index in [4.69, 9.17) is 5.73 Å². The van der Waals surface area contributed by atoms with E-state index in [1.807, 2.05) is 6.07 Å². The molecule has 0 saturated carbocycles. The monoisotopic (exact) mass is 255 g/mol. The molecule has 1 aromatic carbocycles. The molecule has 0 bridgehead atoms. The fourth-order valence-electron chi connectivity index (χ4n) is 1.87. The number of aromatic nitrogens is 2. The largest absolute Gasteiger partial charge is 0.384 e. The van der Waals surface area contributed by atoms with E-state index in [1.165, 1.54) is 5.56 Å². The predicted molar refractivity (Wildman–Crippen MR) is 80.0 cm³/mol. The van der Waals surface area contributed by atoms with Gasteiger partial charge in [0.1, 0.15) is 5.82 Å². The minimum absolute atomic E-state index is 0.0326. The third-order valence-corrected chi connectivity index (χ3v) is 3.13. The zero-order valence-corrected chi connectivity index (χ0v) is 12.1. The molecule has 0 amide bonds. The Morgan fingerprint density at radius 2 is 1.68 bits per heavy atom. The minimum atomic E-state index is -0.0326. The molecule has 0 atom stereocenters. The quantitative estimate of drug-likeness (QED) is 0.892. The van der Waals surface area contributed by atoms with Crippen molar-refractivity contribution in [1.29, 1.82) is 0 Å². The number of anilines is 1. The van der Waals surface area contributed by atoms with Crippen LogP contribution in [0.2, 0.25) is 0 Å². The van der Waals surface area contributed by atoms with Gasteiger partial charge in [-0.2, -0.15) is 0 Å². The summed E-state index contributed by atoms with van der Waals surface area (Å²) in [6.07, 6.45) is 1.03. The summed E-state index contributed by atoms with van der Waals surface area (Å²) in [5, 5.41) is 0. The van der Waals surface area contributed by atoms with Gasteiger partial charge in [0.25, 0.3) is 0 Å². The average molecular weight is 255 g/mol. The van der Waals surface area contributed by atoms with Crippen molar-refractivity contribution in [2.75, 3.05) is 5.73 Å². The van der Waals surface area contributed by atoms with Gasteiger partial charge in [-0.25, -0.2) is 9.97 Å². The zero-order valence-electron chi connectivity index (χ0n) is 12.1. The molecule has 0 fully saturated rings. The van der Waals surface area contributed by atoms with Gasteiger partial charge in [0.2, 0.25) is 0 Å². The van der Waals surface area contributed by atoms with E-state index in [0.717, 1.165) is 17.7 Å². The molecule has 2 rings (SSSR count). The Morgan fingerprint density at radius 3 is 2.21 bits per heavy atom. The maximum atomic E-state index is 5.90. The number of benzene rings is 1. The lowest BCUT2D eigenvalue weighted by Crippen LogP contribution is -2.15. The summed E-state index contributed by atoms with van der Waals surface area (Å²) < 4.78 is 0. The third-order valence-electron chi connectivity index (χ3n) is 3.13. The van der Waals surface area contributed by atoms with Crippen molar-refractivity contribution in [3.63, 3.8) is 0 Å². The first-order chi connectivity index (χ1) is 8.90. The summed E-state index contributed by atoms with van der Waals surface area (Å²) in [5.74, 6) is 1.22. The van der Waals surface area contributed by atoms with Crippen LogP contribution in [0.3, 0.4) is 0 Å². The first kappa shape index (κ1) is 13.5. The second-order valence-electron chi connectivity index (χ2n) is 5.80. The molecular weight excluding hydrogens is 234 g/mol. The van der Waals surface area contributed by atoms with E-state index in [1.54, 1.807) is 0 Å². The number of hydrogen-bond acceptors (Lipinski definition) is 3. The van der Waals surface area contributed by atoms with Crippen LogP contribution in [0.4, 0.5) is 5.82 Å². The topological polar surface area (TPSA) is 51.8 Å². The van der Waals surface area contributed by atoms with Gasteiger partial charge in [-0.3, -0.25) is 0 Å². The van der Waals surface area contributed by atoms with Crippen LogP contribution >= 0.6 is 0 Å². The highest BCUT2D eigenvalue weighted by atomic mass is 14.9. The molecule has 100 valence electrons. The van der Waals surface area contributed by atoms with E-state index >= 15 is 0 Å². The van der Waals surface area contributed by atoms with Crippen LogP contribution in [0.25, 0.3) is 11.4 Å². The summed E-state index contributed by atoms with van der Waals surface area (Å²) in [5.41, 5.74) is 9.15. The van der Waals surface area contributed by atoms with Crippen LogP contribution in [-0.2, 0) is 11.8 Å². The third kappa shape index (κ3) is 3.11. The van der Waals surface area contributed by atoms with Crippen LogP contribution in [0.1, 0.15) is 39.0 Å². The Kier molecular flexibility index (Phi) is 3.56. The lowest BCUT2D eigenvalue weighted by atomic mass is 9.92. The number of aryl methyl sites for hydroxylation is 1. The lowest BCUT2D eigenvalue weighted by Gasteiger charge is -2.18. The maximum absolute atomic E-state index is 5.90. The molecule has 2 aromatic rings. The molecular formula is C16H21N3. The van der Waals surface area contributed by atoms with E-state index in [0.29, 0.717) is 11.6 Å². The van der Waals surface area contributed by atoms with Gasteiger partial charge in [-0.05, 0) is 12.0 Å². The second-order valence-corrected chi connectivity index (χ2v) is 5.80. The summed E-state index contributed by atoms with van der Waals surface area (Å²) in [6, 6.07) is 10.2. The lowest BCUT2D eigenvalue weighted by molar-refractivity contribution is 0.568. The Morgan fingerprint density at radius 1 is 1.05 bits per heavy atom. The van der Waals surface area contributed by atoms with Gasteiger partial charge in [-0.15, -0.1) is 0 Å². The summed E-state index contributed by atoms with van der Waals surface area (Å²) in [4.78, 5) is 8.98. The van der Waals surface area contributed by atoms with Gasteiger partial charge < -0.3 is 5.73 Å². The molecule has 0 spiro atoms. The SMILES string of the molecule is CCc1ccc(-c2nc(N)cc(C(C)(C)C)n2)cc1. The molecule has 19 heavy (non-hydrogen) atoms. The zero-order chi connectivity index (χ0) is 14.0. The van der Waals surface area contributed by atoms with Crippen molar-refractivity contribution >= 4 is 5.82 Å². The standard InChI is InChI=1S/C16H21N3/c1-5-11-6-8-12(9-7-11)15-18-13(16(2,3)4)10-14(17)19-15/h6-10H,5H2,1-4H3,(H2,17,18,19). The molecule has 1 heterocycles. The highest BCUT2D eigenvalue weighted by Crippen LogP contribution is 2.25. The number of hydrogen-bond donors (Lipinski definition) is 1. The van der Waals surface area contributed by atoms with Crippen LogP contribution in [0.5, 0.6) is 0 Å². The number of nitrogens with two attached hydrogens (primary N) is 1. The molecule has 0 unspecified atom stereocenters. The molecule has 2 N–H and O–H groups in total. The Labute approximate surface area is 114 Å². The van der Waals surface area contributed by atoms with E-state index in [-0.39, 0.29) is 5.41 Å². The molecule has 0 aliphatic carbocycles. The smallest absolute Gasteiger partial charge is 0.161 e. The molecule has 0 aliphatic rings. The molecule has 0 radical (unpaired) electrons. The van der Waals surface area contributed by atoms with Gasteiger partial charge in [0.05, 0.1) is 5.69 Å². The molecule has 1 aromatic heterocycles. The summed E-state index contributed by atoms with van der Waals surface area (Å²) in [6.45, 7) is 8.51. The first-order valence-electron chi connectivity index (χ1n) is 6.64. The highest BCUT2D eigenvalue weighted by molar-refractivity contribution is 5.57. The van der Waals surface area contributed by atoms with Crippen molar-refractivity contribution in [3.05, 3.63) is 41.6 Å². The van der Waals surface area contributed by atoms with Crippen molar-refractivity contribution in [3.8, 4) is 11.4 Å². The van der Waals surface area contributed by atoms with Crippen molar-refractivity contribution < 1.29 is 0 Å². The van der Waals surface area contributed by atoms with Crippen molar-refractivity contribution in [2.24, 2.45) is 0 Å². The Bertz CT molecular complexity index is 566. The number of nitrogen functional groups attached to an aromatic ring is 1. The average Bonchev–Trinajstić information content (AvgIpc) is 2.37. The fraction of sp³-hybridized carbons (Fsp3) is 0.375. The minimum Gasteiger partial charge on any atom is -0.384 e. The van der Waals surface area contributed by atoms with Crippen LogP contribution in [0.15, 0.2) is 30.3 Å². The van der Waals surface area contributed by atoms with E-state index < -0.39 is 0 Å². The molecule has 0 saturated heterocycles. The van der Waals surface area contributed by atoms with Crippen LogP contribution in [-0.4, -0.2) is 9.97 Å². The normalized spacial score (nSPS) is 11.6. The summed E-state index contributed by atoms with van der Waals surface area (Å²) >= 11 is 0. The van der Waals surface area contributed by atoms with Gasteiger partial charge >= 0.3 is 0 Å². The van der Waals surface area contributed by atoms with Gasteiger partial charge in [0.15, 0.2) is 5.82 Å². The first-order valence-corrected chi connectivity index (χ1v) is 6.64. The Hall–Kier alpha value is -1.90. The fourth-order valence-corrected chi connectivity index (χ4v) is 1.87. The van der Waals surface area contributed by atoms with Crippen molar-refractivity contribution in [1.82, 2.24) is 9.97 Å². The Balaban J connectivity index is 2.46. The molecule has 3 heteroatoms. The number of nitrogens with zero attached hydrogens (tertiary/aromatic N) is 2. The number of rotatable bonds is 2. The highest BCUT2D eigenvalue weighted by Gasteiger charge is 2.17. The molecule has 3 nitrogen and oxygen atoms in total. The van der Waals surface area contributed by atoms with Crippen LogP contribution in [0, 0.1) is 0 Å².